The van der Waals surface area contributed by atoms with E-state index >= 15 is 0 Å². The Morgan fingerprint density at radius 3 is 2.43 bits per heavy atom. The maximum atomic E-state index is 12.8. The van der Waals surface area contributed by atoms with Gasteiger partial charge in [-0.15, -0.1) is 0 Å². The highest BCUT2D eigenvalue weighted by Crippen LogP contribution is 2.29. The Kier molecular flexibility index (Phi) is 3.40. The summed E-state index contributed by atoms with van der Waals surface area (Å²) < 4.78 is 0. The molecule has 3 aromatic carbocycles. The quantitative estimate of drug-likeness (QED) is 0.554. The molecule has 0 aromatic heterocycles. The number of anilines is 1. The number of hydrogen-bond donors (Lipinski definition) is 1. The van der Waals surface area contributed by atoms with Crippen LogP contribution in [0.1, 0.15) is 21.5 Å². The lowest BCUT2D eigenvalue weighted by Crippen LogP contribution is -2.06. The van der Waals surface area contributed by atoms with Crippen molar-refractivity contribution in [3.05, 3.63) is 76.3 Å². The molecule has 3 aromatic rings. The van der Waals surface area contributed by atoms with E-state index in [-0.39, 0.29) is 5.78 Å². The van der Waals surface area contributed by atoms with Gasteiger partial charge in [-0.3, -0.25) is 4.79 Å². The van der Waals surface area contributed by atoms with Crippen molar-refractivity contribution in [2.24, 2.45) is 0 Å². The average Bonchev–Trinajstić information content (AvgIpc) is 2.50. The van der Waals surface area contributed by atoms with Gasteiger partial charge in [0.1, 0.15) is 0 Å². The number of ketones is 1. The molecule has 0 amide bonds. The molecule has 0 bridgehead atoms. The summed E-state index contributed by atoms with van der Waals surface area (Å²) in [6, 6.07) is 16.6. The summed E-state index contributed by atoms with van der Waals surface area (Å²) in [6.07, 6.45) is 0. The molecule has 2 nitrogen and oxygen atoms in total. The zero-order valence-corrected chi connectivity index (χ0v) is 12.3. The minimum atomic E-state index is -0.0796. The summed E-state index contributed by atoms with van der Waals surface area (Å²) in [4.78, 5) is 12.8. The van der Waals surface area contributed by atoms with Gasteiger partial charge in [0.25, 0.3) is 0 Å². The van der Waals surface area contributed by atoms with Crippen molar-refractivity contribution in [2.75, 3.05) is 5.73 Å². The Bertz CT molecular complexity index is 855. The highest BCUT2D eigenvalue weighted by Gasteiger charge is 2.16. The predicted octanol–water partition coefficient (Wildman–Crippen LogP) is 4.61. The van der Waals surface area contributed by atoms with Crippen LogP contribution in [0.15, 0.2) is 54.6 Å². The summed E-state index contributed by atoms with van der Waals surface area (Å²) in [6.45, 7) is 1.94. The molecule has 2 N–H and O–H groups in total. The predicted molar refractivity (Wildman–Crippen MR) is 88.0 cm³/mol. The Morgan fingerprint density at radius 2 is 1.67 bits per heavy atom. The number of carbonyl (C=O) groups is 1. The van der Waals surface area contributed by atoms with Crippen LogP contribution in [0.4, 0.5) is 5.69 Å². The molecular weight excluding hydrogens is 282 g/mol. The van der Waals surface area contributed by atoms with E-state index in [0.29, 0.717) is 21.8 Å². The zero-order valence-electron chi connectivity index (χ0n) is 11.6. The third-order valence-corrected chi connectivity index (χ3v) is 3.90. The summed E-state index contributed by atoms with van der Waals surface area (Å²) in [5, 5.41) is 2.35. The lowest BCUT2D eigenvalue weighted by atomic mass is 9.95. The van der Waals surface area contributed by atoms with E-state index in [4.69, 9.17) is 17.3 Å². The van der Waals surface area contributed by atoms with E-state index in [1.165, 1.54) is 0 Å². The molecular formula is C18H14ClNO. The number of rotatable bonds is 2. The zero-order chi connectivity index (χ0) is 15.0. The van der Waals surface area contributed by atoms with Crippen LogP contribution in [-0.2, 0) is 0 Å². The largest absolute Gasteiger partial charge is 0.398 e. The normalized spacial score (nSPS) is 10.8. The first-order valence-electron chi connectivity index (χ1n) is 6.66. The smallest absolute Gasteiger partial charge is 0.195 e. The molecule has 0 unspecified atom stereocenters. The first-order chi connectivity index (χ1) is 10.1. The van der Waals surface area contributed by atoms with E-state index in [0.717, 1.165) is 16.3 Å². The Balaban J connectivity index is 2.23. The van der Waals surface area contributed by atoms with Crippen LogP contribution in [0.5, 0.6) is 0 Å². The highest BCUT2D eigenvalue weighted by molar-refractivity contribution is 6.36. The third-order valence-electron chi connectivity index (χ3n) is 3.57. The molecule has 3 heteroatoms. The minimum absolute atomic E-state index is 0.0796. The van der Waals surface area contributed by atoms with E-state index in [1.54, 1.807) is 18.2 Å². The van der Waals surface area contributed by atoms with Crippen LogP contribution in [0.2, 0.25) is 5.02 Å². The van der Waals surface area contributed by atoms with E-state index in [9.17, 15) is 4.79 Å². The van der Waals surface area contributed by atoms with Crippen LogP contribution in [0.3, 0.4) is 0 Å². The minimum Gasteiger partial charge on any atom is -0.398 e. The fourth-order valence-corrected chi connectivity index (χ4v) is 2.70. The molecule has 0 saturated carbocycles. The molecule has 0 radical (unpaired) electrons. The number of aryl methyl sites for hydroxylation is 1. The number of halogens is 1. The van der Waals surface area contributed by atoms with Gasteiger partial charge >= 0.3 is 0 Å². The molecule has 0 atom stereocenters. The summed E-state index contributed by atoms with van der Waals surface area (Å²) in [5.41, 5.74) is 8.60. The summed E-state index contributed by atoms with van der Waals surface area (Å²) >= 11 is 6.20. The van der Waals surface area contributed by atoms with Gasteiger partial charge in [0.2, 0.25) is 0 Å². The van der Waals surface area contributed by atoms with Crippen LogP contribution >= 0.6 is 11.6 Å². The van der Waals surface area contributed by atoms with E-state index in [1.807, 2.05) is 43.3 Å². The first kappa shape index (κ1) is 13.7. The van der Waals surface area contributed by atoms with Crippen molar-refractivity contribution in [2.45, 2.75) is 6.92 Å². The molecule has 3 rings (SSSR count). The summed E-state index contributed by atoms with van der Waals surface area (Å²) in [5.74, 6) is -0.0796. The van der Waals surface area contributed by atoms with Crippen molar-refractivity contribution in [3.63, 3.8) is 0 Å². The van der Waals surface area contributed by atoms with E-state index in [2.05, 4.69) is 0 Å². The molecule has 0 aliphatic carbocycles. The molecule has 104 valence electrons. The van der Waals surface area contributed by atoms with Crippen LogP contribution in [-0.4, -0.2) is 5.78 Å². The molecule has 0 saturated heterocycles. The van der Waals surface area contributed by atoms with Crippen LogP contribution in [0, 0.1) is 6.92 Å². The number of nitrogens with two attached hydrogens (primary N) is 1. The standard InChI is InChI=1S/C18H14ClNO/c1-11-6-9-17(20)15(10-11)18(21)14-7-8-16(19)13-5-3-2-4-12(13)14/h2-10H,20H2,1H3. The topological polar surface area (TPSA) is 43.1 Å². The van der Waals surface area contributed by atoms with Gasteiger partial charge in [-0.2, -0.15) is 0 Å². The van der Waals surface area contributed by atoms with Crippen molar-refractivity contribution < 1.29 is 4.79 Å². The number of fused-ring (bicyclic) bond motifs is 1. The average molecular weight is 296 g/mol. The molecule has 21 heavy (non-hydrogen) atoms. The SMILES string of the molecule is Cc1ccc(N)c(C(=O)c2ccc(Cl)c3ccccc23)c1. The molecule has 0 aliphatic heterocycles. The lowest BCUT2D eigenvalue weighted by molar-refractivity contribution is 0.104. The fraction of sp³-hybridized carbons (Fsp3) is 0.0556. The van der Waals surface area contributed by atoms with E-state index < -0.39 is 0 Å². The second-order valence-electron chi connectivity index (χ2n) is 5.06. The molecule has 0 spiro atoms. The number of benzene rings is 3. The van der Waals surface area contributed by atoms with Crippen molar-refractivity contribution in [3.8, 4) is 0 Å². The van der Waals surface area contributed by atoms with Gasteiger partial charge in [0, 0.05) is 27.2 Å². The van der Waals surface area contributed by atoms with Gasteiger partial charge in [0.05, 0.1) is 0 Å². The monoisotopic (exact) mass is 295 g/mol. The fourth-order valence-electron chi connectivity index (χ4n) is 2.47. The number of carbonyl (C=O) groups excluding carboxylic acids is 1. The highest BCUT2D eigenvalue weighted by atomic mass is 35.5. The van der Waals surface area contributed by atoms with Crippen molar-refractivity contribution in [1.82, 2.24) is 0 Å². The van der Waals surface area contributed by atoms with Gasteiger partial charge in [-0.1, -0.05) is 47.5 Å². The second kappa shape index (κ2) is 5.23. The first-order valence-corrected chi connectivity index (χ1v) is 7.04. The Hall–Kier alpha value is -2.32. The second-order valence-corrected chi connectivity index (χ2v) is 5.47. The van der Waals surface area contributed by atoms with Crippen molar-refractivity contribution >= 4 is 33.8 Å². The Labute approximate surface area is 128 Å². The number of hydrogen-bond acceptors (Lipinski definition) is 2. The Morgan fingerprint density at radius 1 is 0.952 bits per heavy atom. The lowest BCUT2D eigenvalue weighted by Gasteiger charge is -2.10. The maximum absolute atomic E-state index is 12.8. The van der Waals surface area contributed by atoms with Crippen LogP contribution in [0.25, 0.3) is 10.8 Å². The third kappa shape index (κ3) is 2.39. The molecule has 0 heterocycles. The molecule has 0 aliphatic rings. The summed E-state index contributed by atoms with van der Waals surface area (Å²) in [7, 11) is 0. The molecule has 0 fully saturated rings. The maximum Gasteiger partial charge on any atom is 0.195 e. The number of nitrogen functional groups attached to an aromatic ring is 1. The van der Waals surface area contributed by atoms with Gasteiger partial charge in [-0.25, -0.2) is 0 Å². The van der Waals surface area contributed by atoms with Crippen molar-refractivity contribution in [1.29, 1.82) is 0 Å². The van der Waals surface area contributed by atoms with Gasteiger partial charge < -0.3 is 5.73 Å². The van der Waals surface area contributed by atoms with Crippen LogP contribution < -0.4 is 5.73 Å². The van der Waals surface area contributed by atoms with Gasteiger partial charge in [-0.05, 0) is 36.6 Å². The van der Waals surface area contributed by atoms with Gasteiger partial charge in [0.15, 0.2) is 5.78 Å².